The van der Waals surface area contributed by atoms with Crippen LogP contribution in [0.5, 0.6) is 11.5 Å². The first kappa shape index (κ1) is 15.7. The number of hydrogen-bond donors (Lipinski definition) is 1. The molecule has 2 fully saturated rings. The van der Waals surface area contributed by atoms with Crippen LogP contribution in [0.1, 0.15) is 11.5 Å². The highest BCUT2D eigenvalue weighted by atomic mass is 16.8. The molecule has 3 unspecified atom stereocenters. The third-order valence-electron chi connectivity index (χ3n) is 5.35. The van der Waals surface area contributed by atoms with Crippen molar-refractivity contribution < 1.29 is 18.9 Å². The zero-order valence-corrected chi connectivity index (χ0v) is 13.8. The quantitative estimate of drug-likeness (QED) is 0.866. The lowest BCUT2D eigenvalue weighted by Gasteiger charge is -2.26. The molecule has 2 heterocycles. The minimum atomic E-state index is -1.56. The van der Waals surface area contributed by atoms with Crippen LogP contribution in [0.3, 0.4) is 0 Å². The van der Waals surface area contributed by atoms with E-state index in [1.54, 1.807) is 25.3 Å². The van der Waals surface area contributed by atoms with Crippen LogP contribution in [0, 0.1) is 33.5 Å². The van der Waals surface area contributed by atoms with E-state index < -0.39 is 22.7 Å². The van der Waals surface area contributed by atoms with Crippen LogP contribution in [-0.2, 0) is 9.47 Å². The molecule has 0 bridgehead atoms. The maximum atomic E-state index is 10.1. The van der Waals surface area contributed by atoms with Crippen molar-refractivity contribution in [1.82, 2.24) is 0 Å². The van der Waals surface area contributed by atoms with Gasteiger partial charge >= 0.3 is 0 Å². The molecule has 1 spiro atoms. The number of nitriles is 2. The number of benzene rings is 1. The van der Waals surface area contributed by atoms with E-state index in [9.17, 15) is 10.5 Å². The number of nitrogens with zero attached hydrogens (tertiary/aromatic N) is 3. The van der Waals surface area contributed by atoms with Crippen molar-refractivity contribution in [1.29, 1.82) is 10.5 Å². The van der Waals surface area contributed by atoms with Crippen LogP contribution in [0.25, 0.3) is 0 Å². The Morgan fingerprint density at radius 2 is 1.92 bits per heavy atom. The van der Waals surface area contributed by atoms with Crippen molar-refractivity contribution in [2.75, 3.05) is 27.4 Å². The minimum absolute atomic E-state index is 0.0494. The Morgan fingerprint density at radius 1 is 1.20 bits per heavy atom. The Hall–Kier alpha value is -2.81. The molecule has 128 valence electrons. The fourth-order valence-corrected chi connectivity index (χ4v) is 4.25. The molecule has 1 aromatic carbocycles. The van der Waals surface area contributed by atoms with Gasteiger partial charge in [-0.05, 0) is 18.2 Å². The van der Waals surface area contributed by atoms with Gasteiger partial charge in [0.25, 0.3) is 5.91 Å². The van der Waals surface area contributed by atoms with Crippen LogP contribution in [-0.4, -0.2) is 39.2 Å². The summed E-state index contributed by atoms with van der Waals surface area (Å²) in [6.07, 6.45) is 0. The molecular weight excluding hydrogens is 324 g/mol. The molecule has 1 aliphatic carbocycles. The van der Waals surface area contributed by atoms with Gasteiger partial charge < -0.3 is 24.7 Å². The average molecular weight is 340 g/mol. The van der Waals surface area contributed by atoms with E-state index in [0.717, 1.165) is 0 Å². The van der Waals surface area contributed by atoms with Crippen molar-refractivity contribution in [2.45, 2.75) is 11.8 Å². The van der Waals surface area contributed by atoms with Crippen LogP contribution in [0.15, 0.2) is 23.2 Å². The molecular formula is C17H16N4O4. The zero-order chi connectivity index (χ0) is 17.9. The summed E-state index contributed by atoms with van der Waals surface area (Å²) < 4.78 is 22.1. The molecule has 2 aliphatic heterocycles. The van der Waals surface area contributed by atoms with E-state index >= 15 is 0 Å². The van der Waals surface area contributed by atoms with E-state index in [1.807, 2.05) is 0 Å². The summed E-state index contributed by atoms with van der Waals surface area (Å²) >= 11 is 0. The average Bonchev–Trinajstić information content (AvgIpc) is 2.88. The number of amidine groups is 1. The SMILES string of the molecule is COc1ccc(OC)c(C2C3(C#N)C(N)=NC4(OCCO4)C23C#N)c1. The Balaban J connectivity index is 1.95. The first-order valence-electron chi connectivity index (χ1n) is 7.75. The Bertz CT molecular complexity index is 864. The second kappa shape index (κ2) is 4.85. The molecule has 3 atom stereocenters. The van der Waals surface area contributed by atoms with Crippen molar-refractivity contribution in [3.63, 3.8) is 0 Å². The lowest BCUT2D eigenvalue weighted by atomic mass is 9.93. The monoisotopic (exact) mass is 340 g/mol. The highest BCUT2D eigenvalue weighted by molar-refractivity contribution is 6.00. The lowest BCUT2D eigenvalue weighted by Crippen LogP contribution is -2.38. The van der Waals surface area contributed by atoms with Crippen LogP contribution >= 0.6 is 0 Å². The summed E-state index contributed by atoms with van der Waals surface area (Å²) in [7, 11) is 3.07. The van der Waals surface area contributed by atoms with Gasteiger partial charge in [0.15, 0.2) is 5.41 Å². The topological polar surface area (TPSA) is 123 Å². The number of fused-ring (bicyclic) bond motifs is 2. The van der Waals surface area contributed by atoms with Gasteiger partial charge in [-0.2, -0.15) is 10.5 Å². The third kappa shape index (κ3) is 1.50. The third-order valence-corrected chi connectivity index (χ3v) is 5.35. The zero-order valence-electron chi connectivity index (χ0n) is 13.8. The molecule has 1 saturated heterocycles. The molecule has 0 amide bonds. The van der Waals surface area contributed by atoms with E-state index in [2.05, 4.69) is 17.1 Å². The minimum Gasteiger partial charge on any atom is -0.497 e. The number of nitrogens with two attached hydrogens (primary N) is 1. The molecule has 1 aromatic rings. The molecule has 1 saturated carbocycles. The van der Waals surface area contributed by atoms with Gasteiger partial charge in [0.2, 0.25) is 0 Å². The molecule has 0 aromatic heterocycles. The molecule has 2 N–H and O–H groups in total. The normalized spacial score (nSPS) is 33.9. The van der Waals surface area contributed by atoms with E-state index in [4.69, 9.17) is 24.7 Å². The van der Waals surface area contributed by atoms with E-state index in [0.29, 0.717) is 17.1 Å². The van der Waals surface area contributed by atoms with Gasteiger partial charge in [-0.15, -0.1) is 0 Å². The second-order valence-electron chi connectivity index (χ2n) is 6.16. The van der Waals surface area contributed by atoms with Crippen molar-refractivity contribution >= 4 is 5.84 Å². The number of rotatable bonds is 3. The van der Waals surface area contributed by atoms with E-state index in [-0.39, 0.29) is 19.0 Å². The van der Waals surface area contributed by atoms with Gasteiger partial charge in [-0.25, -0.2) is 4.99 Å². The maximum absolute atomic E-state index is 10.1. The molecule has 4 rings (SSSR count). The van der Waals surface area contributed by atoms with Crippen molar-refractivity contribution in [3.05, 3.63) is 23.8 Å². The fourth-order valence-electron chi connectivity index (χ4n) is 4.25. The van der Waals surface area contributed by atoms with Gasteiger partial charge in [-0.1, -0.05) is 0 Å². The Morgan fingerprint density at radius 3 is 2.48 bits per heavy atom. The van der Waals surface area contributed by atoms with Crippen LogP contribution in [0.2, 0.25) is 0 Å². The fraction of sp³-hybridized carbons (Fsp3) is 0.471. The maximum Gasteiger partial charge on any atom is 0.293 e. The van der Waals surface area contributed by atoms with Gasteiger partial charge in [-0.3, -0.25) is 0 Å². The van der Waals surface area contributed by atoms with E-state index in [1.165, 1.54) is 7.11 Å². The summed E-state index contributed by atoms with van der Waals surface area (Å²) in [4.78, 5) is 4.24. The molecule has 3 aliphatic rings. The second-order valence-corrected chi connectivity index (χ2v) is 6.16. The predicted molar refractivity (Wildman–Crippen MR) is 84.6 cm³/mol. The summed E-state index contributed by atoms with van der Waals surface area (Å²) in [5, 5.41) is 20.0. The smallest absolute Gasteiger partial charge is 0.293 e. The summed E-state index contributed by atoms with van der Waals surface area (Å²) in [6, 6.07) is 9.67. The summed E-state index contributed by atoms with van der Waals surface area (Å²) in [6.45, 7) is 0.563. The van der Waals surface area contributed by atoms with Crippen LogP contribution in [0.4, 0.5) is 0 Å². The van der Waals surface area contributed by atoms with Gasteiger partial charge in [0.05, 0.1) is 39.6 Å². The lowest BCUT2D eigenvalue weighted by molar-refractivity contribution is -0.184. The molecule has 0 radical (unpaired) electrons. The van der Waals surface area contributed by atoms with Crippen molar-refractivity contribution in [3.8, 4) is 23.6 Å². The van der Waals surface area contributed by atoms with Crippen LogP contribution < -0.4 is 15.2 Å². The standard InChI is InChI=1S/C17H16N4O4/c1-22-10-3-4-12(23-2)11(7-10)13-15(8-18)14(20)21-17(16(13,15)9-19)24-5-6-25-17/h3-4,7,13H,5-6H2,1-2H3,(H2,20,21). The predicted octanol–water partition coefficient (Wildman–Crippen LogP) is 0.892. The number of hydrogen-bond acceptors (Lipinski definition) is 8. The summed E-state index contributed by atoms with van der Waals surface area (Å²) in [5.74, 6) is -0.991. The van der Waals surface area contributed by atoms with Crippen molar-refractivity contribution in [2.24, 2.45) is 21.6 Å². The number of aliphatic imine (C=N–C) groups is 1. The molecule has 8 heteroatoms. The number of ether oxygens (including phenoxy) is 4. The molecule has 8 nitrogen and oxygen atoms in total. The highest BCUT2D eigenvalue weighted by Gasteiger charge is 2.94. The highest BCUT2D eigenvalue weighted by Crippen LogP contribution is 2.83. The largest absolute Gasteiger partial charge is 0.497 e. The first-order valence-corrected chi connectivity index (χ1v) is 7.75. The van der Waals surface area contributed by atoms with Gasteiger partial charge in [0, 0.05) is 11.5 Å². The van der Waals surface area contributed by atoms with Gasteiger partial charge in [0.1, 0.15) is 22.7 Å². The first-order chi connectivity index (χ1) is 12.1. The summed E-state index contributed by atoms with van der Waals surface area (Å²) in [5.41, 5.74) is 4.06. The Labute approximate surface area is 144 Å². The number of methoxy groups -OCH3 is 2. The Kier molecular flexibility index (Phi) is 3.05. The molecule has 25 heavy (non-hydrogen) atoms.